The summed E-state index contributed by atoms with van der Waals surface area (Å²) in [6.45, 7) is -0.181. The van der Waals surface area contributed by atoms with E-state index in [0.717, 1.165) is 12.1 Å². The highest BCUT2D eigenvalue weighted by molar-refractivity contribution is 7.91. The van der Waals surface area contributed by atoms with Gasteiger partial charge >= 0.3 is 0 Å². The molecule has 0 heterocycles. The summed E-state index contributed by atoms with van der Waals surface area (Å²) in [6.07, 6.45) is 0. The summed E-state index contributed by atoms with van der Waals surface area (Å²) in [5.41, 5.74) is 1.09. The van der Waals surface area contributed by atoms with Crippen molar-refractivity contribution in [3.8, 4) is 6.07 Å². The van der Waals surface area contributed by atoms with E-state index >= 15 is 0 Å². The molecule has 29 heavy (non-hydrogen) atoms. The van der Waals surface area contributed by atoms with Gasteiger partial charge in [0, 0.05) is 12.1 Å². The molecule has 1 amide bonds. The van der Waals surface area contributed by atoms with Gasteiger partial charge in [-0.3, -0.25) is 4.79 Å². The Bertz CT molecular complexity index is 1150. The highest BCUT2D eigenvalue weighted by Crippen LogP contribution is 2.28. The summed E-state index contributed by atoms with van der Waals surface area (Å²) in [7, 11) is -3.90. The van der Waals surface area contributed by atoms with E-state index in [9.17, 15) is 17.6 Å². The zero-order chi connectivity index (χ0) is 20.9. The molecule has 0 aromatic heterocycles. The summed E-state index contributed by atoms with van der Waals surface area (Å²) in [4.78, 5) is 12.5. The highest BCUT2D eigenvalue weighted by atomic mass is 32.2. The van der Waals surface area contributed by atoms with E-state index in [1.54, 1.807) is 48.5 Å². The van der Waals surface area contributed by atoms with Crippen molar-refractivity contribution in [3.63, 3.8) is 0 Å². The molecular weight excluding hydrogens is 391 g/mol. The van der Waals surface area contributed by atoms with Gasteiger partial charge in [-0.15, -0.1) is 0 Å². The number of hydrogen-bond donors (Lipinski definition) is 1. The van der Waals surface area contributed by atoms with Crippen LogP contribution in [0.3, 0.4) is 0 Å². The predicted octanol–water partition coefficient (Wildman–Crippen LogP) is 3.64. The molecule has 0 bridgehead atoms. The minimum absolute atomic E-state index is 0.0338. The highest BCUT2D eigenvalue weighted by Gasteiger charge is 2.29. The third-order valence-electron chi connectivity index (χ3n) is 4.39. The fourth-order valence-electron chi connectivity index (χ4n) is 2.88. The normalized spacial score (nSPS) is 12.0. The Hall–Kier alpha value is -3.50. The van der Waals surface area contributed by atoms with E-state index in [4.69, 9.17) is 5.26 Å². The Labute approximate surface area is 168 Å². The standard InChI is InChI=1S/C22H17FN2O3S/c23-19-9-11-20(12-10-19)29(27,28)21(17-6-2-1-3-7-17)15-25-22(26)18-8-4-5-16(13-18)14-24/h1-13,21H,15H2,(H,25,26). The molecule has 0 aliphatic rings. The van der Waals surface area contributed by atoms with Crippen LogP contribution >= 0.6 is 0 Å². The number of benzene rings is 3. The molecule has 0 saturated heterocycles. The van der Waals surface area contributed by atoms with Crippen LogP contribution in [0.4, 0.5) is 4.39 Å². The minimum Gasteiger partial charge on any atom is -0.350 e. The topological polar surface area (TPSA) is 87.0 Å². The lowest BCUT2D eigenvalue weighted by Crippen LogP contribution is -2.32. The molecule has 0 aliphatic heterocycles. The fraction of sp³-hybridized carbons (Fsp3) is 0.0909. The van der Waals surface area contributed by atoms with Crippen LogP contribution in [0.25, 0.3) is 0 Å². The number of rotatable bonds is 6. The number of sulfone groups is 1. The van der Waals surface area contributed by atoms with Crippen molar-refractivity contribution in [1.82, 2.24) is 5.32 Å². The first-order valence-electron chi connectivity index (χ1n) is 8.74. The molecular formula is C22H17FN2O3S. The number of carbonyl (C=O) groups excluding carboxylic acids is 1. The Balaban J connectivity index is 1.90. The van der Waals surface area contributed by atoms with E-state index in [0.29, 0.717) is 11.1 Å². The van der Waals surface area contributed by atoms with Crippen molar-refractivity contribution in [1.29, 1.82) is 5.26 Å². The predicted molar refractivity (Wildman–Crippen MR) is 106 cm³/mol. The molecule has 1 unspecified atom stereocenters. The second-order valence-corrected chi connectivity index (χ2v) is 8.43. The van der Waals surface area contributed by atoms with Crippen LogP contribution < -0.4 is 5.32 Å². The lowest BCUT2D eigenvalue weighted by Gasteiger charge is -2.19. The average Bonchev–Trinajstić information content (AvgIpc) is 2.74. The molecule has 0 saturated carbocycles. The zero-order valence-electron chi connectivity index (χ0n) is 15.2. The summed E-state index contributed by atoms with van der Waals surface area (Å²) in [5.74, 6) is -1.02. The van der Waals surface area contributed by atoms with Crippen LogP contribution in [0, 0.1) is 17.1 Å². The lowest BCUT2D eigenvalue weighted by atomic mass is 10.1. The first-order chi connectivity index (χ1) is 13.9. The van der Waals surface area contributed by atoms with Gasteiger partial charge in [-0.2, -0.15) is 5.26 Å². The maximum Gasteiger partial charge on any atom is 0.251 e. The van der Waals surface area contributed by atoms with E-state index in [1.807, 2.05) is 6.07 Å². The van der Waals surface area contributed by atoms with Gasteiger partial charge in [0.25, 0.3) is 5.91 Å². The van der Waals surface area contributed by atoms with Crippen LogP contribution in [-0.4, -0.2) is 20.9 Å². The van der Waals surface area contributed by atoms with Crippen LogP contribution in [-0.2, 0) is 9.84 Å². The van der Waals surface area contributed by atoms with Crippen LogP contribution in [0.5, 0.6) is 0 Å². The van der Waals surface area contributed by atoms with Gasteiger partial charge in [0.15, 0.2) is 9.84 Å². The summed E-state index contributed by atoms with van der Waals surface area (Å²) in [5, 5.41) is 10.6. The van der Waals surface area contributed by atoms with E-state index in [2.05, 4.69) is 5.32 Å². The number of amides is 1. The summed E-state index contributed by atoms with van der Waals surface area (Å²) >= 11 is 0. The van der Waals surface area contributed by atoms with Gasteiger partial charge in [0.05, 0.1) is 16.5 Å². The largest absolute Gasteiger partial charge is 0.350 e. The fourth-order valence-corrected chi connectivity index (χ4v) is 4.54. The zero-order valence-corrected chi connectivity index (χ0v) is 16.1. The van der Waals surface area contributed by atoms with Crippen molar-refractivity contribution in [3.05, 3.63) is 101 Å². The quantitative estimate of drug-likeness (QED) is 0.631. The number of nitrogens with one attached hydrogen (secondary N) is 1. The van der Waals surface area contributed by atoms with Gasteiger partial charge in [-0.1, -0.05) is 36.4 Å². The van der Waals surface area contributed by atoms with Crippen molar-refractivity contribution < 1.29 is 17.6 Å². The van der Waals surface area contributed by atoms with Crippen LogP contribution in [0.2, 0.25) is 0 Å². The lowest BCUT2D eigenvalue weighted by molar-refractivity contribution is 0.0953. The van der Waals surface area contributed by atoms with E-state index in [-0.39, 0.29) is 17.0 Å². The van der Waals surface area contributed by atoms with E-state index < -0.39 is 26.8 Å². The SMILES string of the molecule is N#Cc1cccc(C(=O)NCC(c2ccccc2)S(=O)(=O)c2ccc(F)cc2)c1. The molecule has 0 spiro atoms. The van der Waals surface area contributed by atoms with Gasteiger partial charge in [0.1, 0.15) is 11.1 Å². The van der Waals surface area contributed by atoms with Crippen molar-refractivity contribution in [2.24, 2.45) is 0 Å². The molecule has 0 aliphatic carbocycles. The second kappa shape index (κ2) is 8.67. The second-order valence-electron chi connectivity index (χ2n) is 6.30. The maximum atomic E-state index is 13.2. The Morgan fingerprint density at radius 2 is 1.69 bits per heavy atom. The Morgan fingerprint density at radius 1 is 1.00 bits per heavy atom. The van der Waals surface area contributed by atoms with Gasteiger partial charge in [-0.05, 0) is 48.0 Å². The van der Waals surface area contributed by atoms with Crippen molar-refractivity contribution in [2.45, 2.75) is 10.1 Å². The number of halogens is 1. The Kier molecular flexibility index (Phi) is 6.05. The first kappa shape index (κ1) is 20.2. The maximum absolute atomic E-state index is 13.2. The molecule has 3 rings (SSSR count). The monoisotopic (exact) mass is 408 g/mol. The van der Waals surface area contributed by atoms with Crippen molar-refractivity contribution in [2.75, 3.05) is 6.54 Å². The minimum atomic E-state index is -3.90. The molecule has 146 valence electrons. The van der Waals surface area contributed by atoms with Gasteiger partial charge in [0.2, 0.25) is 0 Å². The first-order valence-corrected chi connectivity index (χ1v) is 10.3. The molecule has 1 N–H and O–H groups in total. The number of nitriles is 1. The third-order valence-corrected chi connectivity index (χ3v) is 6.51. The van der Waals surface area contributed by atoms with Crippen LogP contribution in [0.15, 0.2) is 83.8 Å². The summed E-state index contributed by atoms with van der Waals surface area (Å²) in [6, 6.07) is 21.2. The molecule has 0 fully saturated rings. The number of carbonyl (C=O) groups is 1. The van der Waals surface area contributed by atoms with Crippen molar-refractivity contribution >= 4 is 15.7 Å². The molecule has 3 aromatic carbocycles. The van der Waals surface area contributed by atoms with Gasteiger partial charge < -0.3 is 5.32 Å². The summed E-state index contributed by atoms with van der Waals surface area (Å²) < 4.78 is 39.6. The smallest absolute Gasteiger partial charge is 0.251 e. The molecule has 7 heteroatoms. The molecule has 5 nitrogen and oxygen atoms in total. The number of nitrogens with zero attached hydrogens (tertiary/aromatic N) is 1. The van der Waals surface area contributed by atoms with Crippen LogP contribution in [0.1, 0.15) is 26.7 Å². The third kappa shape index (κ3) is 4.68. The molecule has 0 radical (unpaired) electrons. The van der Waals surface area contributed by atoms with E-state index in [1.165, 1.54) is 18.2 Å². The van der Waals surface area contributed by atoms with Gasteiger partial charge in [-0.25, -0.2) is 12.8 Å². The molecule has 3 aromatic rings. The average molecular weight is 408 g/mol. The number of hydrogen-bond acceptors (Lipinski definition) is 4. The Morgan fingerprint density at radius 3 is 2.34 bits per heavy atom. The molecule has 1 atom stereocenters.